The second-order valence-corrected chi connectivity index (χ2v) is 7.84. The van der Waals surface area contributed by atoms with Crippen molar-refractivity contribution in [3.8, 4) is 5.69 Å². The van der Waals surface area contributed by atoms with Crippen LogP contribution in [0.2, 0.25) is 0 Å². The lowest BCUT2D eigenvalue weighted by molar-refractivity contribution is -0.137. The van der Waals surface area contributed by atoms with E-state index in [1.807, 2.05) is 41.2 Å². The molecule has 0 saturated heterocycles. The summed E-state index contributed by atoms with van der Waals surface area (Å²) in [4.78, 5) is 11.5. The number of anilines is 1. The fourth-order valence-corrected chi connectivity index (χ4v) is 5.23. The predicted molar refractivity (Wildman–Crippen MR) is 96.9 cm³/mol. The summed E-state index contributed by atoms with van der Waals surface area (Å²) in [6.45, 7) is 0. The second kappa shape index (κ2) is 6.03. The summed E-state index contributed by atoms with van der Waals surface area (Å²) in [6, 6.07) is 16.6. The molecule has 4 rings (SSSR count). The molecule has 2 aromatic carbocycles. The molecule has 6 nitrogen and oxygen atoms in total. The summed E-state index contributed by atoms with van der Waals surface area (Å²) in [6.07, 6.45) is 3.49. The van der Waals surface area contributed by atoms with Crippen LogP contribution >= 0.6 is 0 Å². The Morgan fingerprint density at radius 1 is 0.923 bits per heavy atom. The van der Waals surface area contributed by atoms with Crippen molar-refractivity contribution >= 4 is 21.7 Å². The number of sulfonamides is 1. The minimum Gasteiger partial charge on any atom is -0.481 e. The average Bonchev–Trinajstić information content (AvgIpc) is 3.22. The number of aliphatic carboxylic acids is 1. The summed E-state index contributed by atoms with van der Waals surface area (Å²) in [5, 5.41) is 9.28. The van der Waals surface area contributed by atoms with E-state index in [1.165, 1.54) is 10.4 Å². The molecule has 0 fully saturated rings. The number of carbonyl (C=O) groups is 1. The highest BCUT2D eigenvalue weighted by Crippen LogP contribution is 2.44. The third-order valence-electron chi connectivity index (χ3n) is 4.47. The minimum absolute atomic E-state index is 0.167. The zero-order valence-electron chi connectivity index (χ0n) is 13.7. The third kappa shape index (κ3) is 2.57. The molecule has 3 aromatic rings. The van der Waals surface area contributed by atoms with Gasteiger partial charge in [-0.25, -0.2) is 8.42 Å². The fraction of sp³-hybridized carbons (Fsp3) is 0.105. The van der Waals surface area contributed by atoms with E-state index in [0.29, 0.717) is 11.3 Å². The first-order valence-corrected chi connectivity index (χ1v) is 9.51. The number of hydrogen-bond donors (Lipinski definition) is 1. The van der Waals surface area contributed by atoms with E-state index < -0.39 is 22.0 Å². The Morgan fingerprint density at radius 2 is 1.54 bits per heavy atom. The Hall–Kier alpha value is -3.06. The van der Waals surface area contributed by atoms with Crippen molar-refractivity contribution in [1.29, 1.82) is 0 Å². The van der Waals surface area contributed by atoms with Gasteiger partial charge in [0.25, 0.3) is 10.0 Å². The quantitative estimate of drug-likeness (QED) is 0.767. The van der Waals surface area contributed by atoms with Crippen LogP contribution in [0, 0.1) is 0 Å². The van der Waals surface area contributed by atoms with E-state index in [1.54, 1.807) is 30.3 Å². The number of benzene rings is 2. The maximum atomic E-state index is 13.0. The average molecular weight is 368 g/mol. The number of hydrogen-bond acceptors (Lipinski definition) is 3. The lowest BCUT2D eigenvalue weighted by Crippen LogP contribution is -2.29. The lowest BCUT2D eigenvalue weighted by Gasteiger charge is -2.25. The number of fused-ring (bicyclic) bond motifs is 1. The molecule has 1 N–H and O–H groups in total. The first-order chi connectivity index (χ1) is 12.5. The van der Waals surface area contributed by atoms with Gasteiger partial charge in [-0.05, 0) is 48.0 Å². The number of aromatic nitrogens is 1. The Balaban J connectivity index is 1.80. The van der Waals surface area contributed by atoms with Gasteiger partial charge in [-0.3, -0.25) is 9.10 Å². The minimum atomic E-state index is -3.80. The van der Waals surface area contributed by atoms with Gasteiger partial charge in [0.2, 0.25) is 0 Å². The highest BCUT2D eigenvalue weighted by molar-refractivity contribution is 7.93. The number of rotatable bonds is 4. The zero-order chi connectivity index (χ0) is 18.3. The fourth-order valence-electron chi connectivity index (χ4n) is 3.35. The molecule has 26 heavy (non-hydrogen) atoms. The van der Waals surface area contributed by atoms with Gasteiger partial charge >= 0.3 is 5.97 Å². The summed E-state index contributed by atoms with van der Waals surface area (Å²) in [7, 11) is -3.80. The first-order valence-electron chi connectivity index (χ1n) is 8.07. The highest BCUT2D eigenvalue weighted by atomic mass is 32.2. The molecule has 132 valence electrons. The standard InChI is InChI=1S/C19H16N2O4S/c22-19(23)13-17-16-5-1-2-6-18(16)26(24,25)21(17)15-9-7-14(8-10-15)20-11-3-4-12-20/h1-12,17H,13H2,(H,22,23). The van der Waals surface area contributed by atoms with E-state index in [2.05, 4.69) is 0 Å². The molecule has 0 saturated carbocycles. The molecule has 1 unspecified atom stereocenters. The van der Waals surface area contributed by atoms with Gasteiger partial charge in [-0.2, -0.15) is 0 Å². The third-order valence-corrected chi connectivity index (χ3v) is 6.38. The van der Waals surface area contributed by atoms with Gasteiger partial charge < -0.3 is 9.67 Å². The zero-order valence-corrected chi connectivity index (χ0v) is 14.5. The van der Waals surface area contributed by atoms with Crippen molar-refractivity contribution in [3.63, 3.8) is 0 Å². The SMILES string of the molecule is O=C(O)CC1c2ccccc2S(=O)(=O)N1c1ccc(-n2cccc2)cc1. The molecule has 1 aliphatic rings. The molecule has 0 radical (unpaired) electrons. The number of carboxylic acids is 1. The van der Waals surface area contributed by atoms with Crippen LogP contribution in [0.5, 0.6) is 0 Å². The van der Waals surface area contributed by atoms with Crippen molar-refractivity contribution in [2.24, 2.45) is 0 Å². The van der Waals surface area contributed by atoms with Crippen molar-refractivity contribution in [3.05, 3.63) is 78.6 Å². The molecule has 1 aromatic heterocycles. The van der Waals surface area contributed by atoms with Crippen LogP contribution in [0.25, 0.3) is 5.69 Å². The topological polar surface area (TPSA) is 79.6 Å². The van der Waals surface area contributed by atoms with Gasteiger partial charge in [-0.1, -0.05) is 18.2 Å². The van der Waals surface area contributed by atoms with Crippen LogP contribution in [0.3, 0.4) is 0 Å². The van der Waals surface area contributed by atoms with Gasteiger partial charge in [0.1, 0.15) is 0 Å². The van der Waals surface area contributed by atoms with E-state index in [0.717, 1.165) is 5.69 Å². The molecular formula is C19H16N2O4S. The largest absolute Gasteiger partial charge is 0.481 e. The first kappa shape index (κ1) is 16.4. The molecule has 7 heteroatoms. The molecule has 0 amide bonds. The molecular weight excluding hydrogens is 352 g/mol. The molecule has 0 bridgehead atoms. The van der Waals surface area contributed by atoms with Gasteiger partial charge in [-0.15, -0.1) is 0 Å². The second-order valence-electron chi connectivity index (χ2n) is 6.06. The van der Waals surface area contributed by atoms with E-state index >= 15 is 0 Å². The molecule has 2 heterocycles. The normalized spacial score (nSPS) is 17.8. The van der Waals surface area contributed by atoms with Gasteiger partial charge in [0.15, 0.2) is 0 Å². The molecule has 0 aliphatic carbocycles. The molecule has 1 aliphatic heterocycles. The van der Waals surface area contributed by atoms with Crippen molar-refractivity contribution in [2.45, 2.75) is 17.4 Å². The van der Waals surface area contributed by atoms with Crippen LogP contribution in [0.15, 0.2) is 78.0 Å². The Morgan fingerprint density at radius 3 is 2.19 bits per heavy atom. The van der Waals surface area contributed by atoms with Crippen LogP contribution in [0.1, 0.15) is 18.0 Å². The van der Waals surface area contributed by atoms with Crippen LogP contribution < -0.4 is 4.31 Å². The summed E-state index contributed by atoms with van der Waals surface area (Å²) in [5.41, 5.74) is 1.86. The van der Waals surface area contributed by atoms with E-state index in [-0.39, 0.29) is 11.3 Å². The van der Waals surface area contributed by atoms with Gasteiger partial charge in [0, 0.05) is 18.1 Å². The van der Waals surface area contributed by atoms with Crippen LogP contribution in [-0.4, -0.2) is 24.1 Å². The van der Waals surface area contributed by atoms with Gasteiger partial charge in [0.05, 0.1) is 23.0 Å². The Kier molecular flexibility index (Phi) is 3.81. The van der Waals surface area contributed by atoms with Crippen molar-refractivity contribution < 1.29 is 18.3 Å². The number of nitrogens with zero attached hydrogens (tertiary/aromatic N) is 2. The van der Waals surface area contributed by atoms with Crippen molar-refractivity contribution in [2.75, 3.05) is 4.31 Å². The van der Waals surface area contributed by atoms with Crippen molar-refractivity contribution in [1.82, 2.24) is 4.57 Å². The van der Waals surface area contributed by atoms with Crippen LogP contribution in [0.4, 0.5) is 5.69 Å². The molecule has 0 spiro atoms. The Labute approximate surface area is 151 Å². The summed E-state index contributed by atoms with van der Waals surface area (Å²) in [5.74, 6) is -1.05. The maximum Gasteiger partial charge on any atom is 0.305 e. The summed E-state index contributed by atoms with van der Waals surface area (Å²) >= 11 is 0. The Bertz CT molecular complexity index is 1060. The monoisotopic (exact) mass is 368 g/mol. The lowest BCUT2D eigenvalue weighted by atomic mass is 10.0. The van der Waals surface area contributed by atoms with E-state index in [4.69, 9.17) is 0 Å². The maximum absolute atomic E-state index is 13.0. The highest BCUT2D eigenvalue weighted by Gasteiger charge is 2.43. The predicted octanol–water partition coefficient (Wildman–Crippen LogP) is 3.20. The molecule has 1 atom stereocenters. The smallest absolute Gasteiger partial charge is 0.305 e. The number of carboxylic acid groups (broad SMARTS) is 1. The summed E-state index contributed by atoms with van der Waals surface area (Å²) < 4.78 is 29.2. The van der Waals surface area contributed by atoms with E-state index in [9.17, 15) is 18.3 Å². The van der Waals surface area contributed by atoms with Crippen LogP contribution in [-0.2, 0) is 14.8 Å².